The van der Waals surface area contributed by atoms with Crippen LogP contribution in [0, 0.1) is 5.82 Å². The van der Waals surface area contributed by atoms with Crippen molar-refractivity contribution in [3.63, 3.8) is 0 Å². The summed E-state index contributed by atoms with van der Waals surface area (Å²) in [7, 11) is 0. The van der Waals surface area contributed by atoms with Gasteiger partial charge in [0.1, 0.15) is 5.82 Å². The van der Waals surface area contributed by atoms with E-state index in [0.717, 1.165) is 44.7 Å². The first kappa shape index (κ1) is 17.1. The minimum atomic E-state index is -0.409. The number of aliphatic hydroxyl groups excluding tert-OH is 1. The average Bonchev–Trinajstić information content (AvgIpc) is 2.97. The number of aliphatic hydroxyl groups is 1. The maximum absolute atomic E-state index is 13.0. The fourth-order valence-electron chi connectivity index (χ4n) is 3.19. The first-order valence-corrected chi connectivity index (χ1v) is 8.54. The molecule has 1 fully saturated rings. The summed E-state index contributed by atoms with van der Waals surface area (Å²) in [6, 6.07) is 8.61. The van der Waals surface area contributed by atoms with Crippen LogP contribution in [0.15, 0.2) is 42.7 Å². The van der Waals surface area contributed by atoms with Gasteiger partial charge in [0.2, 0.25) is 0 Å². The van der Waals surface area contributed by atoms with Crippen molar-refractivity contribution < 1.29 is 9.50 Å². The van der Waals surface area contributed by atoms with Crippen molar-refractivity contribution in [3.8, 4) is 0 Å². The van der Waals surface area contributed by atoms with Crippen molar-refractivity contribution in [1.29, 1.82) is 0 Å². The van der Waals surface area contributed by atoms with E-state index in [4.69, 9.17) is 0 Å². The molecule has 1 aromatic heterocycles. The molecule has 0 radical (unpaired) electrons. The van der Waals surface area contributed by atoms with Crippen LogP contribution in [-0.2, 0) is 13.1 Å². The lowest BCUT2D eigenvalue weighted by atomic mass is 10.2. The third-order valence-corrected chi connectivity index (χ3v) is 4.43. The minimum Gasteiger partial charge on any atom is -0.390 e. The number of hydrogen-bond donors (Lipinski definition) is 1. The molecule has 1 aliphatic heterocycles. The largest absolute Gasteiger partial charge is 0.390 e. The topological polar surface area (TPSA) is 44.5 Å². The Morgan fingerprint density at radius 1 is 1.04 bits per heavy atom. The molecular weight excluding hydrogens is 307 g/mol. The Labute approximate surface area is 142 Å². The molecule has 1 aromatic carbocycles. The van der Waals surface area contributed by atoms with E-state index in [1.54, 1.807) is 10.9 Å². The Kier molecular flexibility index (Phi) is 5.96. The average molecular weight is 332 g/mol. The summed E-state index contributed by atoms with van der Waals surface area (Å²) in [5.41, 5.74) is 1.14. The van der Waals surface area contributed by atoms with Crippen LogP contribution >= 0.6 is 0 Å². The first-order chi connectivity index (χ1) is 11.7. The van der Waals surface area contributed by atoms with Crippen molar-refractivity contribution >= 4 is 0 Å². The SMILES string of the molecule is OC(CN1CCCN(Cc2ccc(F)cc2)CC1)Cn1cccn1. The highest BCUT2D eigenvalue weighted by Crippen LogP contribution is 2.10. The first-order valence-electron chi connectivity index (χ1n) is 8.54. The van der Waals surface area contributed by atoms with Gasteiger partial charge in [0.25, 0.3) is 0 Å². The standard InChI is InChI=1S/C18H25FN4O/c19-17-5-3-16(4-6-17)13-21-8-2-9-22(12-11-21)14-18(24)15-23-10-1-7-20-23/h1,3-7,10,18,24H,2,8-9,11-15H2. The van der Waals surface area contributed by atoms with E-state index in [9.17, 15) is 9.50 Å². The molecule has 0 bridgehead atoms. The van der Waals surface area contributed by atoms with E-state index < -0.39 is 6.10 Å². The lowest BCUT2D eigenvalue weighted by molar-refractivity contribution is 0.0962. The van der Waals surface area contributed by atoms with Gasteiger partial charge in [0.05, 0.1) is 12.6 Å². The lowest BCUT2D eigenvalue weighted by Crippen LogP contribution is -2.37. The number of halogens is 1. The summed E-state index contributed by atoms with van der Waals surface area (Å²) < 4.78 is 14.8. The number of aromatic nitrogens is 2. The van der Waals surface area contributed by atoms with Crippen LogP contribution < -0.4 is 0 Å². The molecule has 0 aliphatic carbocycles. The van der Waals surface area contributed by atoms with Gasteiger partial charge in [-0.2, -0.15) is 5.10 Å². The van der Waals surface area contributed by atoms with E-state index in [2.05, 4.69) is 14.9 Å². The quantitative estimate of drug-likeness (QED) is 0.873. The highest BCUT2D eigenvalue weighted by atomic mass is 19.1. The second kappa shape index (κ2) is 8.37. The third kappa shape index (κ3) is 5.12. The molecule has 0 saturated carbocycles. The molecule has 1 unspecified atom stereocenters. The second-order valence-corrected chi connectivity index (χ2v) is 6.44. The molecule has 1 saturated heterocycles. The highest BCUT2D eigenvalue weighted by molar-refractivity contribution is 5.15. The maximum Gasteiger partial charge on any atom is 0.123 e. The van der Waals surface area contributed by atoms with Gasteiger partial charge >= 0.3 is 0 Å². The number of nitrogens with zero attached hydrogens (tertiary/aromatic N) is 4. The van der Waals surface area contributed by atoms with Crippen LogP contribution in [0.4, 0.5) is 4.39 Å². The molecule has 3 rings (SSSR count). The zero-order chi connectivity index (χ0) is 16.8. The molecular formula is C18H25FN4O. The maximum atomic E-state index is 13.0. The summed E-state index contributed by atoms with van der Waals surface area (Å²) in [6.07, 6.45) is 4.27. The van der Waals surface area contributed by atoms with E-state index in [1.807, 2.05) is 24.4 Å². The van der Waals surface area contributed by atoms with Crippen molar-refractivity contribution in [2.75, 3.05) is 32.7 Å². The number of rotatable bonds is 6. The minimum absolute atomic E-state index is 0.188. The summed E-state index contributed by atoms with van der Waals surface area (Å²) in [5.74, 6) is -0.188. The van der Waals surface area contributed by atoms with Crippen LogP contribution in [0.3, 0.4) is 0 Å². The zero-order valence-corrected chi connectivity index (χ0v) is 13.9. The zero-order valence-electron chi connectivity index (χ0n) is 13.9. The van der Waals surface area contributed by atoms with E-state index in [-0.39, 0.29) is 5.82 Å². The third-order valence-electron chi connectivity index (χ3n) is 4.43. The van der Waals surface area contributed by atoms with Gasteiger partial charge in [0.15, 0.2) is 0 Å². The van der Waals surface area contributed by atoms with E-state index in [0.29, 0.717) is 13.1 Å². The molecule has 2 aromatic rings. The molecule has 24 heavy (non-hydrogen) atoms. The monoisotopic (exact) mass is 332 g/mol. The molecule has 1 N–H and O–H groups in total. The molecule has 1 aliphatic rings. The molecule has 0 amide bonds. The van der Waals surface area contributed by atoms with Crippen molar-refractivity contribution in [2.45, 2.75) is 25.6 Å². The van der Waals surface area contributed by atoms with Gasteiger partial charge in [-0.05, 0) is 43.3 Å². The Bertz CT molecular complexity index is 602. The van der Waals surface area contributed by atoms with Gasteiger partial charge in [-0.15, -0.1) is 0 Å². The van der Waals surface area contributed by atoms with Gasteiger partial charge in [-0.25, -0.2) is 4.39 Å². The molecule has 130 valence electrons. The van der Waals surface area contributed by atoms with Crippen LogP contribution in [0.25, 0.3) is 0 Å². The number of hydrogen-bond acceptors (Lipinski definition) is 4. The van der Waals surface area contributed by atoms with Gasteiger partial charge in [-0.1, -0.05) is 12.1 Å². The summed E-state index contributed by atoms with van der Waals surface area (Å²) in [6.45, 7) is 5.99. The normalized spacial score (nSPS) is 18.4. The van der Waals surface area contributed by atoms with Gasteiger partial charge in [0, 0.05) is 38.6 Å². The fourth-order valence-corrected chi connectivity index (χ4v) is 3.19. The molecule has 5 nitrogen and oxygen atoms in total. The Balaban J connectivity index is 1.45. The van der Waals surface area contributed by atoms with Crippen LogP contribution in [0.2, 0.25) is 0 Å². The van der Waals surface area contributed by atoms with Gasteiger partial charge < -0.3 is 5.11 Å². The van der Waals surface area contributed by atoms with Crippen LogP contribution in [0.1, 0.15) is 12.0 Å². The predicted octanol–water partition coefficient (Wildman–Crippen LogP) is 1.59. The summed E-state index contributed by atoms with van der Waals surface area (Å²) in [4.78, 5) is 4.71. The molecule has 2 heterocycles. The number of β-amino-alcohol motifs (C(OH)–C–C–N with tert-alkyl or cyclic N) is 1. The second-order valence-electron chi connectivity index (χ2n) is 6.44. The van der Waals surface area contributed by atoms with Crippen LogP contribution in [-0.4, -0.2) is 63.5 Å². The van der Waals surface area contributed by atoms with Crippen LogP contribution in [0.5, 0.6) is 0 Å². The Morgan fingerprint density at radius 2 is 1.79 bits per heavy atom. The lowest BCUT2D eigenvalue weighted by Gasteiger charge is -2.24. The molecule has 1 atom stereocenters. The Morgan fingerprint density at radius 3 is 2.54 bits per heavy atom. The smallest absolute Gasteiger partial charge is 0.123 e. The van der Waals surface area contributed by atoms with Crippen molar-refractivity contribution in [1.82, 2.24) is 19.6 Å². The van der Waals surface area contributed by atoms with Crippen molar-refractivity contribution in [2.24, 2.45) is 0 Å². The summed E-state index contributed by atoms with van der Waals surface area (Å²) in [5, 5.41) is 14.4. The fraction of sp³-hybridized carbons (Fsp3) is 0.500. The Hall–Kier alpha value is -1.76. The number of benzene rings is 1. The molecule has 6 heteroatoms. The summed E-state index contributed by atoms with van der Waals surface area (Å²) >= 11 is 0. The van der Waals surface area contributed by atoms with Gasteiger partial charge in [-0.3, -0.25) is 14.5 Å². The van der Waals surface area contributed by atoms with E-state index >= 15 is 0 Å². The van der Waals surface area contributed by atoms with Crippen molar-refractivity contribution in [3.05, 3.63) is 54.1 Å². The molecule has 0 spiro atoms. The highest BCUT2D eigenvalue weighted by Gasteiger charge is 2.18. The predicted molar refractivity (Wildman–Crippen MR) is 91.0 cm³/mol. The van der Waals surface area contributed by atoms with E-state index in [1.165, 1.54) is 12.1 Å².